The molecule has 24 heavy (non-hydrogen) atoms. The van der Waals surface area contributed by atoms with Gasteiger partial charge in [0.15, 0.2) is 0 Å². The van der Waals surface area contributed by atoms with Crippen molar-refractivity contribution >= 4 is 23.2 Å². The normalized spacial score (nSPS) is 15.2. The fraction of sp³-hybridized carbons (Fsp3) is 0.368. The largest absolute Gasteiger partial charge is 0.353 e. The van der Waals surface area contributed by atoms with E-state index in [0.717, 1.165) is 24.1 Å². The van der Waals surface area contributed by atoms with Gasteiger partial charge < -0.3 is 10.2 Å². The number of benzene rings is 1. The van der Waals surface area contributed by atoms with Crippen molar-refractivity contribution in [2.24, 2.45) is 0 Å². The molecule has 1 fully saturated rings. The first-order valence-corrected chi connectivity index (χ1v) is 9.26. The van der Waals surface area contributed by atoms with Crippen molar-refractivity contribution in [1.29, 1.82) is 0 Å². The molecule has 0 saturated carbocycles. The molecule has 0 atom stereocenters. The van der Waals surface area contributed by atoms with Crippen LogP contribution in [0, 0.1) is 0 Å². The highest BCUT2D eigenvalue weighted by atomic mass is 32.1. The number of amides is 2. The molecular formula is C19H22N2O2S. The standard InChI is InChI=1S/C19H22N2O2S/c22-18(9-8-15-5-2-1-3-6-15)20-16-10-12-21(13-11-16)19(23)17-7-4-14-24-17/h1-7,14,16H,8-13H2,(H,20,22). The van der Waals surface area contributed by atoms with E-state index in [4.69, 9.17) is 0 Å². The Bertz CT molecular complexity index is 662. The van der Waals surface area contributed by atoms with Gasteiger partial charge in [-0.15, -0.1) is 11.3 Å². The maximum Gasteiger partial charge on any atom is 0.263 e. The average Bonchev–Trinajstić information content (AvgIpc) is 3.16. The van der Waals surface area contributed by atoms with Crippen LogP contribution in [0.1, 0.15) is 34.5 Å². The number of hydrogen-bond acceptors (Lipinski definition) is 3. The first-order chi connectivity index (χ1) is 11.7. The average molecular weight is 342 g/mol. The summed E-state index contributed by atoms with van der Waals surface area (Å²) in [4.78, 5) is 27.1. The number of carbonyl (C=O) groups excluding carboxylic acids is 2. The molecule has 1 aliphatic heterocycles. The molecule has 2 aromatic rings. The third-order valence-corrected chi connectivity index (χ3v) is 5.22. The highest BCUT2D eigenvalue weighted by Gasteiger charge is 2.24. The number of thiophene rings is 1. The summed E-state index contributed by atoms with van der Waals surface area (Å²) < 4.78 is 0. The highest BCUT2D eigenvalue weighted by molar-refractivity contribution is 7.12. The van der Waals surface area contributed by atoms with Gasteiger partial charge in [0.2, 0.25) is 5.91 Å². The van der Waals surface area contributed by atoms with Crippen LogP contribution in [0.5, 0.6) is 0 Å². The van der Waals surface area contributed by atoms with E-state index in [1.54, 1.807) is 0 Å². The first-order valence-electron chi connectivity index (χ1n) is 8.38. The second-order valence-corrected chi connectivity index (χ2v) is 7.04. The Hall–Kier alpha value is -2.14. The fourth-order valence-electron chi connectivity index (χ4n) is 2.99. The van der Waals surface area contributed by atoms with E-state index in [2.05, 4.69) is 5.32 Å². The number of likely N-dealkylation sites (tertiary alicyclic amines) is 1. The van der Waals surface area contributed by atoms with Gasteiger partial charge in [0.25, 0.3) is 5.91 Å². The zero-order valence-corrected chi connectivity index (χ0v) is 14.4. The Labute approximate surface area is 146 Å². The van der Waals surface area contributed by atoms with Crippen LogP contribution in [0.2, 0.25) is 0 Å². The van der Waals surface area contributed by atoms with Gasteiger partial charge in [-0.05, 0) is 36.3 Å². The molecule has 2 heterocycles. The lowest BCUT2D eigenvalue weighted by Gasteiger charge is -2.32. The molecule has 0 spiro atoms. The van der Waals surface area contributed by atoms with Gasteiger partial charge in [0, 0.05) is 25.6 Å². The van der Waals surface area contributed by atoms with E-state index in [0.29, 0.717) is 19.5 Å². The third kappa shape index (κ3) is 4.45. The van der Waals surface area contributed by atoms with Gasteiger partial charge >= 0.3 is 0 Å². The van der Waals surface area contributed by atoms with Crippen LogP contribution in [0.25, 0.3) is 0 Å². The van der Waals surface area contributed by atoms with Crippen molar-refractivity contribution in [1.82, 2.24) is 10.2 Å². The number of aryl methyl sites for hydroxylation is 1. The minimum absolute atomic E-state index is 0.0990. The summed E-state index contributed by atoms with van der Waals surface area (Å²) in [5.74, 6) is 0.209. The number of nitrogens with one attached hydrogen (secondary N) is 1. The quantitative estimate of drug-likeness (QED) is 0.908. The smallest absolute Gasteiger partial charge is 0.263 e. The monoisotopic (exact) mass is 342 g/mol. The van der Waals surface area contributed by atoms with E-state index in [-0.39, 0.29) is 17.9 Å². The molecule has 0 unspecified atom stereocenters. The molecule has 0 radical (unpaired) electrons. The Balaban J connectivity index is 1.40. The van der Waals surface area contributed by atoms with Crippen molar-refractivity contribution in [3.05, 3.63) is 58.3 Å². The maximum atomic E-state index is 12.3. The molecular weight excluding hydrogens is 320 g/mol. The van der Waals surface area contributed by atoms with Gasteiger partial charge in [-0.1, -0.05) is 36.4 Å². The maximum absolute atomic E-state index is 12.3. The molecule has 1 N–H and O–H groups in total. The molecule has 0 aliphatic carbocycles. The summed E-state index contributed by atoms with van der Waals surface area (Å²) in [6.07, 6.45) is 2.93. The lowest BCUT2D eigenvalue weighted by molar-refractivity contribution is -0.122. The van der Waals surface area contributed by atoms with Crippen LogP contribution in [0.4, 0.5) is 0 Å². The molecule has 1 aromatic carbocycles. The molecule has 5 heteroatoms. The number of rotatable bonds is 5. The Morgan fingerprint density at radius 2 is 1.83 bits per heavy atom. The molecule has 1 aliphatic rings. The topological polar surface area (TPSA) is 49.4 Å². The molecule has 4 nitrogen and oxygen atoms in total. The Morgan fingerprint density at radius 3 is 2.50 bits per heavy atom. The van der Waals surface area contributed by atoms with Crippen molar-refractivity contribution in [3.8, 4) is 0 Å². The van der Waals surface area contributed by atoms with Crippen LogP contribution >= 0.6 is 11.3 Å². The molecule has 126 valence electrons. The van der Waals surface area contributed by atoms with E-state index < -0.39 is 0 Å². The lowest BCUT2D eigenvalue weighted by atomic mass is 10.0. The predicted molar refractivity (Wildman–Crippen MR) is 96.2 cm³/mol. The molecule has 3 rings (SSSR count). The van der Waals surface area contributed by atoms with Crippen molar-refractivity contribution < 1.29 is 9.59 Å². The van der Waals surface area contributed by atoms with Crippen molar-refractivity contribution in [2.45, 2.75) is 31.7 Å². The van der Waals surface area contributed by atoms with Crippen LogP contribution in [0.15, 0.2) is 47.8 Å². The summed E-state index contributed by atoms with van der Waals surface area (Å²) in [5, 5.41) is 5.03. The fourth-order valence-corrected chi connectivity index (χ4v) is 3.68. The van der Waals surface area contributed by atoms with E-state index in [1.807, 2.05) is 52.7 Å². The number of carbonyl (C=O) groups is 2. The molecule has 0 bridgehead atoms. The van der Waals surface area contributed by atoms with Gasteiger partial charge in [-0.25, -0.2) is 0 Å². The minimum Gasteiger partial charge on any atom is -0.353 e. The molecule has 2 amide bonds. The van der Waals surface area contributed by atoms with Crippen LogP contribution in [0.3, 0.4) is 0 Å². The van der Waals surface area contributed by atoms with Crippen LogP contribution in [-0.4, -0.2) is 35.8 Å². The molecule has 1 saturated heterocycles. The summed E-state index contributed by atoms with van der Waals surface area (Å²) in [7, 11) is 0. The zero-order valence-electron chi connectivity index (χ0n) is 13.6. The number of piperidine rings is 1. The second-order valence-electron chi connectivity index (χ2n) is 6.10. The van der Waals surface area contributed by atoms with E-state index >= 15 is 0 Å². The number of nitrogens with zero attached hydrogens (tertiary/aromatic N) is 1. The SMILES string of the molecule is O=C(CCc1ccccc1)NC1CCN(C(=O)c2cccs2)CC1. The van der Waals surface area contributed by atoms with E-state index in [1.165, 1.54) is 16.9 Å². The Morgan fingerprint density at radius 1 is 1.08 bits per heavy atom. The Kier molecular flexibility index (Phi) is 5.64. The first kappa shape index (κ1) is 16.7. The van der Waals surface area contributed by atoms with Gasteiger partial charge in [-0.2, -0.15) is 0 Å². The minimum atomic E-state index is 0.0990. The predicted octanol–water partition coefficient (Wildman–Crippen LogP) is 3.10. The van der Waals surface area contributed by atoms with Gasteiger partial charge in [-0.3, -0.25) is 9.59 Å². The highest BCUT2D eigenvalue weighted by Crippen LogP contribution is 2.17. The van der Waals surface area contributed by atoms with E-state index in [9.17, 15) is 9.59 Å². The molecule has 1 aromatic heterocycles. The summed E-state index contributed by atoms with van der Waals surface area (Å²) in [6.45, 7) is 1.42. The van der Waals surface area contributed by atoms with Crippen molar-refractivity contribution in [2.75, 3.05) is 13.1 Å². The third-order valence-electron chi connectivity index (χ3n) is 4.36. The van der Waals surface area contributed by atoms with Crippen LogP contribution < -0.4 is 5.32 Å². The summed E-state index contributed by atoms with van der Waals surface area (Å²) in [5.41, 5.74) is 1.18. The lowest BCUT2D eigenvalue weighted by Crippen LogP contribution is -2.46. The van der Waals surface area contributed by atoms with Gasteiger partial charge in [0.05, 0.1) is 4.88 Å². The number of hydrogen-bond donors (Lipinski definition) is 1. The van der Waals surface area contributed by atoms with Gasteiger partial charge in [0.1, 0.15) is 0 Å². The van der Waals surface area contributed by atoms with Crippen molar-refractivity contribution in [3.63, 3.8) is 0 Å². The second kappa shape index (κ2) is 8.11. The summed E-state index contributed by atoms with van der Waals surface area (Å²) >= 11 is 1.48. The zero-order chi connectivity index (χ0) is 16.8. The summed E-state index contributed by atoms with van der Waals surface area (Å²) in [6, 6.07) is 14.0. The van der Waals surface area contributed by atoms with Crippen LogP contribution in [-0.2, 0) is 11.2 Å².